The standard InChI is InChI=1S/C10H15BrN2O2/c1-5-15-9(14)7-6-13(10(2,3)4)12-8(7)11/h6H,5H2,1-4H3. The molecule has 4 nitrogen and oxygen atoms in total. The van der Waals surface area contributed by atoms with E-state index in [0.29, 0.717) is 16.8 Å². The average Bonchev–Trinajstić information content (AvgIpc) is 2.47. The number of nitrogens with zero attached hydrogens (tertiary/aromatic N) is 2. The number of ether oxygens (including phenoxy) is 1. The molecule has 0 saturated carbocycles. The lowest BCUT2D eigenvalue weighted by Gasteiger charge is -2.18. The van der Waals surface area contributed by atoms with Crippen molar-refractivity contribution < 1.29 is 9.53 Å². The second-order valence-corrected chi connectivity index (χ2v) is 4.92. The predicted molar refractivity (Wildman–Crippen MR) is 60.9 cm³/mol. The summed E-state index contributed by atoms with van der Waals surface area (Å²) in [5.41, 5.74) is 0.319. The molecule has 1 rings (SSSR count). The summed E-state index contributed by atoms with van der Waals surface area (Å²) in [5, 5.41) is 4.22. The van der Waals surface area contributed by atoms with Crippen LogP contribution in [-0.4, -0.2) is 22.4 Å². The molecule has 0 bridgehead atoms. The maximum Gasteiger partial charge on any atom is 0.342 e. The van der Waals surface area contributed by atoms with E-state index in [2.05, 4.69) is 21.0 Å². The van der Waals surface area contributed by atoms with Gasteiger partial charge in [-0.25, -0.2) is 4.79 Å². The monoisotopic (exact) mass is 274 g/mol. The summed E-state index contributed by atoms with van der Waals surface area (Å²) in [6.07, 6.45) is 1.70. The van der Waals surface area contributed by atoms with Crippen LogP contribution in [0.5, 0.6) is 0 Å². The molecule has 0 fully saturated rings. The minimum absolute atomic E-state index is 0.146. The van der Waals surface area contributed by atoms with Crippen LogP contribution in [0.2, 0.25) is 0 Å². The highest BCUT2D eigenvalue weighted by Crippen LogP contribution is 2.20. The Bertz CT molecular complexity index is 366. The molecule has 84 valence electrons. The zero-order valence-electron chi connectivity index (χ0n) is 9.37. The minimum Gasteiger partial charge on any atom is -0.462 e. The van der Waals surface area contributed by atoms with Crippen LogP contribution < -0.4 is 0 Å². The molecule has 1 heterocycles. The van der Waals surface area contributed by atoms with Crippen molar-refractivity contribution >= 4 is 21.9 Å². The number of halogens is 1. The van der Waals surface area contributed by atoms with Gasteiger partial charge in [0, 0.05) is 6.20 Å². The number of hydrogen-bond acceptors (Lipinski definition) is 3. The average molecular weight is 275 g/mol. The van der Waals surface area contributed by atoms with E-state index in [9.17, 15) is 4.79 Å². The van der Waals surface area contributed by atoms with Gasteiger partial charge in [-0.05, 0) is 43.6 Å². The molecule has 0 aliphatic carbocycles. The molecule has 0 atom stereocenters. The molecule has 0 spiro atoms. The molecule has 0 N–H and O–H groups in total. The second kappa shape index (κ2) is 4.35. The Morgan fingerprint density at radius 2 is 2.20 bits per heavy atom. The lowest BCUT2D eigenvalue weighted by molar-refractivity contribution is 0.0525. The van der Waals surface area contributed by atoms with Gasteiger partial charge in [-0.2, -0.15) is 5.10 Å². The van der Waals surface area contributed by atoms with Gasteiger partial charge in [0.2, 0.25) is 0 Å². The van der Waals surface area contributed by atoms with E-state index < -0.39 is 0 Å². The Hall–Kier alpha value is -0.840. The van der Waals surface area contributed by atoms with Crippen LogP contribution in [0.3, 0.4) is 0 Å². The number of rotatable bonds is 2. The van der Waals surface area contributed by atoms with Crippen molar-refractivity contribution in [3.05, 3.63) is 16.4 Å². The van der Waals surface area contributed by atoms with Crippen LogP contribution >= 0.6 is 15.9 Å². The molecule has 15 heavy (non-hydrogen) atoms. The zero-order chi connectivity index (χ0) is 11.6. The maximum atomic E-state index is 11.5. The molecule has 0 aliphatic heterocycles. The van der Waals surface area contributed by atoms with E-state index >= 15 is 0 Å². The fraction of sp³-hybridized carbons (Fsp3) is 0.600. The first kappa shape index (κ1) is 12.2. The molecule has 1 aromatic heterocycles. The number of hydrogen-bond donors (Lipinski definition) is 0. The summed E-state index contributed by atoms with van der Waals surface area (Å²) in [6.45, 7) is 8.19. The molecule has 0 aliphatic rings. The fourth-order valence-electron chi connectivity index (χ4n) is 1.04. The van der Waals surface area contributed by atoms with Crippen LogP contribution in [0.4, 0.5) is 0 Å². The Kier molecular flexibility index (Phi) is 3.54. The number of esters is 1. The predicted octanol–water partition coefficient (Wildman–Crippen LogP) is 2.58. The largest absolute Gasteiger partial charge is 0.462 e. The van der Waals surface area contributed by atoms with Crippen molar-refractivity contribution in [3.63, 3.8) is 0 Å². The van der Waals surface area contributed by atoms with E-state index in [1.807, 2.05) is 20.8 Å². The molecule has 0 aromatic carbocycles. The quantitative estimate of drug-likeness (QED) is 0.779. The molecular weight excluding hydrogens is 260 g/mol. The SMILES string of the molecule is CCOC(=O)c1cn(C(C)(C)C)nc1Br. The topological polar surface area (TPSA) is 44.1 Å². The highest BCUT2D eigenvalue weighted by molar-refractivity contribution is 9.10. The Labute approximate surface area is 97.7 Å². The first-order valence-electron chi connectivity index (χ1n) is 4.79. The van der Waals surface area contributed by atoms with Gasteiger partial charge < -0.3 is 4.74 Å². The third-order valence-corrected chi connectivity index (χ3v) is 2.44. The molecule has 0 amide bonds. The zero-order valence-corrected chi connectivity index (χ0v) is 11.0. The van der Waals surface area contributed by atoms with Crippen LogP contribution in [0.1, 0.15) is 38.1 Å². The molecule has 5 heteroatoms. The fourth-order valence-corrected chi connectivity index (χ4v) is 1.48. The van der Waals surface area contributed by atoms with Crippen LogP contribution in [0.25, 0.3) is 0 Å². The Morgan fingerprint density at radius 1 is 1.60 bits per heavy atom. The minimum atomic E-state index is -0.347. The Morgan fingerprint density at radius 3 is 2.60 bits per heavy atom. The third-order valence-electron chi connectivity index (χ3n) is 1.85. The van der Waals surface area contributed by atoms with E-state index in [1.165, 1.54) is 0 Å². The van der Waals surface area contributed by atoms with Gasteiger partial charge in [0.05, 0.1) is 12.1 Å². The summed E-state index contributed by atoms with van der Waals surface area (Å²) < 4.78 is 7.18. The third kappa shape index (κ3) is 2.81. The van der Waals surface area contributed by atoms with Gasteiger partial charge >= 0.3 is 5.97 Å². The first-order valence-corrected chi connectivity index (χ1v) is 5.58. The van der Waals surface area contributed by atoms with E-state index in [-0.39, 0.29) is 11.5 Å². The normalized spacial score (nSPS) is 11.5. The number of carbonyl (C=O) groups is 1. The highest BCUT2D eigenvalue weighted by atomic mass is 79.9. The lowest BCUT2D eigenvalue weighted by Crippen LogP contribution is -2.22. The van der Waals surface area contributed by atoms with Crippen molar-refractivity contribution in [3.8, 4) is 0 Å². The summed E-state index contributed by atoms with van der Waals surface area (Å²) in [5.74, 6) is -0.347. The molecule has 0 radical (unpaired) electrons. The van der Waals surface area contributed by atoms with Crippen LogP contribution in [-0.2, 0) is 10.3 Å². The number of carbonyl (C=O) groups excluding carboxylic acids is 1. The van der Waals surface area contributed by atoms with Crippen molar-refractivity contribution in [2.75, 3.05) is 6.61 Å². The lowest BCUT2D eigenvalue weighted by atomic mass is 10.1. The van der Waals surface area contributed by atoms with Gasteiger partial charge in [-0.1, -0.05) is 0 Å². The van der Waals surface area contributed by atoms with Gasteiger partial charge in [-0.3, -0.25) is 4.68 Å². The van der Waals surface area contributed by atoms with Crippen molar-refractivity contribution in [1.29, 1.82) is 0 Å². The summed E-state index contributed by atoms with van der Waals surface area (Å²) >= 11 is 3.25. The second-order valence-electron chi connectivity index (χ2n) is 4.17. The number of aromatic nitrogens is 2. The van der Waals surface area contributed by atoms with Crippen LogP contribution in [0.15, 0.2) is 10.8 Å². The van der Waals surface area contributed by atoms with Gasteiger partial charge in [-0.15, -0.1) is 0 Å². The Balaban J connectivity index is 3.02. The van der Waals surface area contributed by atoms with Crippen molar-refractivity contribution in [1.82, 2.24) is 9.78 Å². The molecule has 1 aromatic rings. The summed E-state index contributed by atoms with van der Waals surface area (Å²) in [4.78, 5) is 11.5. The van der Waals surface area contributed by atoms with E-state index in [0.717, 1.165) is 0 Å². The molecule has 0 saturated heterocycles. The van der Waals surface area contributed by atoms with Crippen LogP contribution in [0, 0.1) is 0 Å². The van der Waals surface area contributed by atoms with Gasteiger partial charge in [0.25, 0.3) is 0 Å². The van der Waals surface area contributed by atoms with E-state index in [1.54, 1.807) is 17.8 Å². The van der Waals surface area contributed by atoms with Gasteiger partial charge in [0.15, 0.2) is 0 Å². The maximum absolute atomic E-state index is 11.5. The first-order chi connectivity index (χ1) is 6.86. The summed E-state index contributed by atoms with van der Waals surface area (Å²) in [6, 6.07) is 0. The van der Waals surface area contributed by atoms with Crippen molar-refractivity contribution in [2.24, 2.45) is 0 Å². The molecule has 0 unspecified atom stereocenters. The smallest absolute Gasteiger partial charge is 0.342 e. The van der Waals surface area contributed by atoms with Gasteiger partial charge in [0.1, 0.15) is 10.2 Å². The van der Waals surface area contributed by atoms with E-state index in [4.69, 9.17) is 4.74 Å². The molecular formula is C10H15BrN2O2. The van der Waals surface area contributed by atoms with Crippen molar-refractivity contribution in [2.45, 2.75) is 33.2 Å². The highest BCUT2D eigenvalue weighted by Gasteiger charge is 2.21. The summed E-state index contributed by atoms with van der Waals surface area (Å²) in [7, 11) is 0.